The third-order valence-electron chi connectivity index (χ3n) is 14.5. The van der Waals surface area contributed by atoms with Crippen LogP contribution in [0.15, 0.2) is 23.3 Å². The van der Waals surface area contributed by atoms with Gasteiger partial charge >= 0.3 is 5.97 Å². The number of aliphatic hydroxyl groups is 2. The lowest BCUT2D eigenvalue weighted by molar-refractivity contribution is -0.395. The maximum absolute atomic E-state index is 13.4. The van der Waals surface area contributed by atoms with Crippen molar-refractivity contribution in [2.24, 2.45) is 50.2 Å². The molecule has 1 unspecified atom stereocenters. The fraction of sp³-hybridized carbons (Fsp3) is 0.857. The first-order valence-corrected chi connectivity index (χ1v) is 16.2. The summed E-state index contributed by atoms with van der Waals surface area (Å²) in [6, 6.07) is 0. The van der Waals surface area contributed by atoms with Gasteiger partial charge in [-0.05, 0) is 92.8 Å². The van der Waals surface area contributed by atoms with Gasteiger partial charge in [-0.3, -0.25) is 4.79 Å². The molecule has 6 fully saturated rings. The first kappa shape index (κ1) is 29.8. The normalized spacial score (nSPS) is 50.9. The predicted octanol–water partition coefficient (Wildman–Crippen LogP) is 6.50. The summed E-state index contributed by atoms with van der Waals surface area (Å²) in [5.74, 6) is -1.20. The van der Waals surface area contributed by atoms with Crippen LogP contribution < -0.4 is 0 Å². The van der Waals surface area contributed by atoms with Gasteiger partial charge in [-0.2, -0.15) is 0 Å². The molecule has 230 valence electrons. The number of aliphatic hydroxyl groups excluding tert-OH is 1. The zero-order valence-corrected chi connectivity index (χ0v) is 26.7. The van der Waals surface area contributed by atoms with Crippen molar-refractivity contribution in [3.63, 3.8) is 0 Å². The summed E-state index contributed by atoms with van der Waals surface area (Å²) in [7, 11) is 0. The Labute approximate surface area is 247 Å². The van der Waals surface area contributed by atoms with E-state index in [-0.39, 0.29) is 27.6 Å². The molecule has 10 atom stereocenters. The van der Waals surface area contributed by atoms with E-state index in [2.05, 4.69) is 47.6 Å². The first-order valence-electron chi connectivity index (χ1n) is 16.2. The minimum absolute atomic E-state index is 0.00308. The lowest BCUT2D eigenvalue weighted by Crippen LogP contribution is -2.73. The number of fused-ring (bicyclic) bond motifs is 7. The van der Waals surface area contributed by atoms with Crippen LogP contribution in [0, 0.1) is 50.2 Å². The Morgan fingerprint density at radius 1 is 1.05 bits per heavy atom. The number of allylic oxidation sites excluding steroid dienone is 3. The van der Waals surface area contributed by atoms with Gasteiger partial charge in [0.25, 0.3) is 0 Å². The Bertz CT molecular complexity index is 1170. The van der Waals surface area contributed by atoms with Crippen LogP contribution in [0.2, 0.25) is 0 Å². The van der Waals surface area contributed by atoms with Gasteiger partial charge in [0, 0.05) is 17.3 Å². The highest BCUT2D eigenvalue weighted by Crippen LogP contribution is 2.78. The SMILES string of the molecule is CC(C)=CCO[C@@H]1[C@@H](O)C(C)(C)C[C@H]2C3=CC[C@@H]4[C@]56CCC(O)(OC5)C(C)(C)[C@@H]6CC[C@@]4(C)[C@]3(C)CC[C@@]12C(=O)O. The average molecular weight is 571 g/mol. The quantitative estimate of drug-likeness (QED) is 0.334. The van der Waals surface area contributed by atoms with Crippen LogP contribution in [0.1, 0.15) is 107 Å². The largest absolute Gasteiger partial charge is 0.481 e. The number of carboxylic acids is 1. The minimum Gasteiger partial charge on any atom is -0.481 e. The molecule has 0 radical (unpaired) electrons. The van der Waals surface area contributed by atoms with E-state index in [0.717, 1.165) is 37.7 Å². The zero-order valence-electron chi connectivity index (χ0n) is 26.7. The summed E-state index contributed by atoms with van der Waals surface area (Å²) in [6.07, 6.45) is 9.49. The summed E-state index contributed by atoms with van der Waals surface area (Å²) in [5, 5.41) is 34.1. The van der Waals surface area contributed by atoms with E-state index in [0.29, 0.717) is 44.3 Å². The van der Waals surface area contributed by atoms with E-state index in [4.69, 9.17) is 9.47 Å². The van der Waals surface area contributed by atoms with Gasteiger partial charge < -0.3 is 24.8 Å². The number of hydrogen-bond donors (Lipinski definition) is 3. The van der Waals surface area contributed by atoms with Crippen molar-refractivity contribution < 1.29 is 29.6 Å². The molecular weight excluding hydrogens is 516 g/mol. The summed E-state index contributed by atoms with van der Waals surface area (Å²) in [4.78, 5) is 13.4. The van der Waals surface area contributed by atoms with Crippen LogP contribution in [-0.2, 0) is 14.3 Å². The van der Waals surface area contributed by atoms with E-state index in [1.165, 1.54) is 5.57 Å². The second-order valence-electron chi connectivity index (χ2n) is 16.9. The molecule has 6 heteroatoms. The topological polar surface area (TPSA) is 96.2 Å². The molecule has 7 rings (SSSR count). The second kappa shape index (κ2) is 8.92. The van der Waals surface area contributed by atoms with E-state index < -0.39 is 34.8 Å². The molecule has 2 aliphatic heterocycles. The third-order valence-corrected chi connectivity index (χ3v) is 14.5. The molecule has 6 nitrogen and oxygen atoms in total. The van der Waals surface area contributed by atoms with Gasteiger partial charge in [0.05, 0.1) is 19.3 Å². The molecule has 3 N–H and O–H groups in total. The number of aliphatic carboxylic acids is 1. The predicted molar refractivity (Wildman–Crippen MR) is 158 cm³/mol. The number of carbonyl (C=O) groups is 1. The maximum Gasteiger partial charge on any atom is 0.313 e. The highest BCUT2D eigenvalue weighted by molar-refractivity contribution is 5.78. The van der Waals surface area contributed by atoms with E-state index >= 15 is 0 Å². The van der Waals surface area contributed by atoms with Crippen molar-refractivity contribution in [3.05, 3.63) is 23.3 Å². The average Bonchev–Trinajstić information content (AvgIpc) is 2.87. The number of ether oxygens (including phenoxy) is 2. The maximum atomic E-state index is 13.4. The Hall–Kier alpha value is -1.21. The Morgan fingerprint density at radius 3 is 2.37 bits per heavy atom. The highest BCUT2D eigenvalue weighted by atomic mass is 16.6. The van der Waals surface area contributed by atoms with E-state index in [9.17, 15) is 20.1 Å². The van der Waals surface area contributed by atoms with Crippen molar-refractivity contribution in [2.75, 3.05) is 13.2 Å². The molecule has 4 saturated carbocycles. The van der Waals surface area contributed by atoms with Crippen LogP contribution in [-0.4, -0.2) is 52.5 Å². The van der Waals surface area contributed by atoms with Gasteiger partial charge in [0.15, 0.2) is 5.79 Å². The molecule has 0 aromatic carbocycles. The number of rotatable bonds is 4. The van der Waals surface area contributed by atoms with Crippen LogP contribution in [0.25, 0.3) is 0 Å². The van der Waals surface area contributed by atoms with Crippen LogP contribution in [0.5, 0.6) is 0 Å². The van der Waals surface area contributed by atoms with Gasteiger partial charge in [-0.15, -0.1) is 0 Å². The van der Waals surface area contributed by atoms with E-state index in [1.54, 1.807) is 0 Å². The molecule has 2 bridgehead atoms. The van der Waals surface area contributed by atoms with Crippen molar-refractivity contribution in [3.8, 4) is 0 Å². The molecule has 41 heavy (non-hydrogen) atoms. The summed E-state index contributed by atoms with van der Waals surface area (Å²) < 4.78 is 12.7. The molecule has 7 aliphatic rings. The first-order chi connectivity index (χ1) is 18.9. The molecule has 1 spiro atoms. The Balaban J connectivity index is 1.44. The van der Waals surface area contributed by atoms with Gasteiger partial charge in [0.2, 0.25) is 0 Å². The van der Waals surface area contributed by atoms with Crippen LogP contribution >= 0.6 is 0 Å². The van der Waals surface area contributed by atoms with Crippen LogP contribution in [0.4, 0.5) is 0 Å². The molecule has 2 heterocycles. The second-order valence-corrected chi connectivity index (χ2v) is 16.9. The number of carboxylic acid groups (broad SMARTS) is 1. The lowest BCUT2D eigenvalue weighted by Gasteiger charge is -2.75. The molecule has 2 saturated heterocycles. The fourth-order valence-corrected chi connectivity index (χ4v) is 11.7. The Morgan fingerprint density at radius 2 is 1.76 bits per heavy atom. The van der Waals surface area contributed by atoms with Crippen LogP contribution in [0.3, 0.4) is 0 Å². The minimum atomic E-state index is -1.15. The number of hydrogen-bond acceptors (Lipinski definition) is 5. The molecule has 0 amide bonds. The monoisotopic (exact) mass is 570 g/mol. The molecule has 0 aromatic heterocycles. The lowest BCUT2D eigenvalue weighted by atomic mass is 9.32. The van der Waals surface area contributed by atoms with Gasteiger partial charge in [-0.25, -0.2) is 0 Å². The smallest absolute Gasteiger partial charge is 0.313 e. The third kappa shape index (κ3) is 3.54. The van der Waals surface area contributed by atoms with Crippen molar-refractivity contribution in [1.82, 2.24) is 0 Å². The molecule has 0 aromatic rings. The molecular formula is C35H54O6. The summed E-state index contributed by atoms with van der Waals surface area (Å²) in [6.45, 7) is 18.5. The standard InChI is InChI=1S/C35H54O6/c1-21(2)12-18-40-27-26(36)29(3,4)19-23-22-9-10-25-32(8,31(22,7)14-16-34(23,27)28(37)38)13-11-24-30(5,6)35(39)17-15-33(24,25)20-41-35/h9,12,23-27,36,39H,10-11,13-20H2,1-8H3,(H,37,38)/t23-,24-,25-,26+,27+,31+,32+,33+,34-,35?/m0/s1. The molecule has 5 aliphatic carbocycles. The summed E-state index contributed by atoms with van der Waals surface area (Å²) in [5.41, 5.74) is 0.407. The van der Waals surface area contributed by atoms with Crippen molar-refractivity contribution >= 4 is 5.97 Å². The van der Waals surface area contributed by atoms with Crippen molar-refractivity contribution in [1.29, 1.82) is 0 Å². The zero-order chi connectivity index (χ0) is 30.0. The highest BCUT2D eigenvalue weighted by Gasteiger charge is 2.75. The van der Waals surface area contributed by atoms with Gasteiger partial charge in [-0.1, -0.05) is 64.8 Å². The summed E-state index contributed by atoms with van der Waals surface area (Å²) >= 11 is 0. The Kier molecular flexibility index (Phi) is 6.50. The van der Waals surface area contributed by atoms with E-state index in [1.807, 2.05) is 19.9 Å². The van der Waals surface area contributed by atoms with Crippen molar-refractivity contribution in [2.45, 2.75) is 125 Å². The fourth-order valence-electron chi connectivity index (χ4n) is 11.7. The van der Waals surface area contributed by atoms with Gasteiger partial charge in [0.1, 0.15) is 11.5 Å².